The van der Waals surface area contributed by atoms with Gasteiger partial charge in [0, 0.05) is 0 Å². The van der Waals surface area contributed by atoms with E-state index in [4.69, 9.17) is 24.4 Å². The van der Waals surface area contributed by atoms with Crippen LogP contribution in [0.3, 0.4) is 0 Å². The highest BCUT2D eigenvalue weighted by atomic mass is 16.7. The van der Waals surface area contributed by atoms with Crippen LogP contribution in [0.4, 0.5) is 0 Å². The van der Waals surface area contributed by atoms with Crippen LogP contribution in [0.1, 0.15) is 6.92 Å². The SMILES string of the molecule is CC1OC(C(=O)O)C(O)C(O)C1OC1OC(C(=O)O)C(O)C(O)C1O. The summed E-state index contributed by atoms with van der Waals surface area (Å²) in [5, 5.41) is 66.9. The van der Waals surface area contributed by atoms with Gasteiger partial charge in [-0.2, -0.15) is 0 Å². The molecule has 2 fully saturated rings. The van der Waals surface area contributed by atoms with Crippen LogP contribution in [-0.2, 0) is 23.8 Å². The molecular formula is C13H20O12. The molecule has 12 nitrogen and oxygen atoms in total. The predicted octanol–water partition coefficient (Wildman–Crippen LogP) is -4.14. The number of carbonyl (C=O) groups is 2. The molecular weight excluding hydrogens is 348 g/mol. The van der Waals surface area contributed by atoms with Crippen LogP contribution < -0.4 is 0 Å². The first-order valence-corrected chi connectivity index (χ1v) is 7.38. The summed E-state index contributed by atoms with van der Waals surface area (Å²) in [4.78, 5) is 22.0. The van der Waals surface area contributed by atoms with E-state index in [9.17, 15) is 35.1 Å². The van der Waals surface area contributed by atoms with Gasteiger partial charge in [0.05, 0.1) is 6.10 Å². The van der Waals surface area contributed by atoms with Gasteiger partial charge in [-0.25, -0.2) is 9.59 Å². The highest BCUT2D eigenvalue weighted by Gasteiger charge is 2.52. The standard InChI is InChI=1S/C13H20O12/c1-2-8(5(16)6(17)9(23-2)11(19)20)24-13-7(18)3(14)4(15)10(25-13)12(21)22/h2-10,13-18H,1H3,(H,19,20)(H,21,22). The molecule has 10 atom stereocenters. The molecule has 0 aromatic carbocycles. The lowest BCUT2D eigenvalue weighted by Crippen LogP contribution is -2.64. The minimum absolute atomic E-state index is 1.08. The Labute approximate surface area is 140 Å². The molecule has 0 radical (unpaired) electrons. The summed E-state index contributed by atoms with van der Waals surface area (Å²) in [5.41, 5.74) is 0. The zero-order valence-electron chi connectivity index (χ0n) is 12.9. The van der Waals surface area contributed by atoms with E-state index in [1.807, 2.05) is 0 Å². The molecule has 2 saturated heterocycles. The van der Waals surface area contributed by atoms with E-state index >= 15 is 0 Å². The number of aliphatic hydroxyl groups excluding tert-OH is 5. The van der Waals surface area contributed by atoms with Crippen molar-refractivity contribution < 1.29 is 59.5 Å². The Bertz CT molecular complexity index is 511. The molecule has 0 saturated carbocycles. The van der Waals surface area contributed by atoms with Gasteiger partial charge in [-0.15, -0.1) is 0 Å². The summed E-state index contributed by atoms with van der Waals surface area (Å²) in [7, 11) is 0. The van der Waals surface area contributed by atoms with Crippen LogP contribution in [-0.4, -0.2) is 109 Å². The third-order valence-electron chi connectivity index (χ3n) is 4.17. The Morgan fingerprint density at radius 2 is 1.24 bits per heavy atom. The minimum Gasteiger partial charge on any atom is -0.479 e. The number of aliphatic hydroxyl groups is 5. The molecule has 2 heterocycles. The van der Waals surface area contributed by atoms with E-state index in [-0.39, 0.29) is 0 Å². The number of carboxylic acid groups (broad SMARTS) is 2. The van der Waals surface area contributed by atoms with Crippen molar-refractivity contribution in [1.82, 2.24) is 0 Å². The molecule has 25 heavy (non-hydrogen) atoms. The van der Waals surface area contributed by atoms with Crippen LogP contribution >= 0.6 is 0 Å². The molecule has 0 aromatic rings. The average molecular weight is 368 g/mol. The third-order valence-corrected chi connectivity index (χ3v) is 4.17. The summed E-state index contributed by atoms with van der Waals surface area (Å²) in [6, 6.07) is 0. The number of hydrogen-bond acceptors (Lipinski definition) is 10. The number of carboxylic acids is 2. The molecule has 0 aliphatic carbocycles. The van der Waals surface area contributed by atoms with Gasteiger partial charge in [-0.1, -0.05) is 0 Å². The Kier molecular flexibility index (Phi) is 5.96. The second kappa shape index (κ2) is 7.47. The van der Waals surface area contributed by atoms with E-state index < -0.39 is 73.2 Å². The first kappa shape index (κ1) is 19.9. The topological polar surface area (TPSA) is 203 Å². The zero-order valence-corrected chi connectivity index (χ0v) is 12.9. The predicted molar refractivity (Wildman–Crippen MR) is 73.2 cm³/mol. The van der Waals surface area contributed by atoms with Crippen molar-refractivity contribution >= 4 is 11.9 Å². The van der Waals surface area contributed by atoms with Crippen molar-refractivity contribution in [3.05, 3.63) is 0 Å². The highest BCUT2D eigenvalue weighted by Crippen LogP contribution is 2.29. The lowest BCUT2D eigenvalue weighted by molar-refractivity contribution is -0.332. The van der Waals surface area contributed by atoms with E-state index in [0.29, 0.717) is 0 Å². The molecule has 0 amide bonds. The van der Waals surface area contributed by atoms with E-state index in [1.54, 1.807) is 0 Å². The van der Waals surface area contributed by atoms with Crippen molar-refractivity contribution in [1.29, 1.82) is 0 Å². The van der Waals surface area contributed by atoms with Gasteiger partial charge in [0.25, 0.3) is 0 Å². The number of rotatable bonds is 4. The number of hydrogen-bond donors (Lipinski definition) is 7. The second-order valence-corrected chi connectivity index (χ2v) is 5.92. The van der Waals surface area contributed by atoms with Crippen molar-refractivity contribution in [3.63, 3.8) is 0 Å². The fourth-order valence-electron chi connectivity index (χ4n) is 2.76. The summed E-state index contributed by atoms with van der Waals surface area (Å²) in [5.74, 6) is -3.12. The van der Waals surface area contributed by atoms with E-state index in [1.165, 1.54) is 6.92 Å². The summed E-state index contributed by atoms with van der Waals surface area (Å²) in [6.07, 6.45) is -17.2. The summed E-state index contributed by atoms with van der Waals surface area (Å²) < 4.78 is 15.2. The number of ether oxygens (including phenoxy) is 3. The fourth-order valence-corrected chi connectivity index (χ4v) is 2.76. The summed E-state index contributed by atoms with van der Waals surface area (Å²) in [6.45, 7) is 1.32. The zero-order chi connectivity index (χ0) is 19.0. The van der Waals surface area contributed by atoms with Crippen LogP contribution in [0.5, 0.6) is 0 Å². The third kappa shape index (κ3) is 3.75. The van der Waals surface area contributed by atoms with Crippen molar-refractivity contribution in [2.75, 3.05) is 0 Å². The Hall–Kier alpha value is -1.38. The Balaban J connectivity index is 2.14. The first-order chi connectivity index (χ1) is 11.6. The lowest BCUT2D eigenvalue weighted by Gasteiger charge is -2.44. The molecule has 2 rings (SSSR count). The van der Waals surface area contributed by atoms with E-state index in [0.717, 1.165) is 0 Å². The molecule has 0 spiro atoms. The minimum atomic E-state index is -1.92. The quantitative estimate of drug-likeness (QED) is 0.253. The van der Waals surface area contributed by atoms with Crippen LogP contribution in [0.15, 0.2) is 0 Å². The molecule has 2 aliphatic heterocycles. The Morgan fingerprint density at radius 3 is 1.76 bits per heavy atom. The molecule has 2 aliphatic rings. The van der Waals surface area contributed by atoms with Gasteiger partial charge < -0.3 is 50.0 Å². The highest BCUT2D eigenvalue weighted by molar-refractivity contribution is 5.73. The van der Waals surface area contributed by atoms with Crippen LogP contribution in [0, 0.1) is 0 Å². The van der Waals surface area contributed by atoms with Gasteiger partial charge in [-0.3, -0.25) is 0 Å². The number of aliphatic carboxylic acids is 2. The molecule has 0 aromatic heterocycles. The monoisotopic (exact) mass is 368 g/mol. The molecule has 7 N–H and O–H groups in total. The molecule has 10 unspecified atom stereocenters. The first-order valence-electron chi connectivity index (χ1n) is 7.38. The maximum atomic E-state index is 11.0. The van der Waals surface area contributed by atoms with E-state index in [2.05, 4.69) is 0 Å². The molecule has 144 valence electrons. The van der Waals surface area contributed by atoms with Gasteiger partial charge >= 0.3 is 11.9 Å². The maximum absolute atomic E-state index is 11.0. The van der Waals surface area contributed by atoms with Gasteiger partial charge in [-0.05, 0) is 6.92 Å². The smallest absolute Gasteiger partial charge is 0.335 e. The second-order valence-electron chi connectivity index (χ2n) is 5.92. The largest absolute Gasteiger partial charge is 0.479 e. The van der Waals surface area contributed by atoms with Gasteiger partial charge in [0.15, 0.2) is 18.5 Å². The van der Waals surface area contributed by atoms with Crippen LogP contribution in [0.25, 0.3) is 0 Å². The average Bonchev–Trinajstić information content (AvgIpc) is 2.53. The van der Waals surface area contributed by atoms with Crippen molar-refractivity contribution in [2.45, 2.75) is 68.1 Å². The van der Waals surface area contributed by atoms with Crippen molar-refractivity contribution in [3.8, 4) is 0 Å². The van der Waals surface area contributed by atoms with Crippen molar-refractivity contribution in [2.24, 2.45) is 0 Å². The fraction of sp³-hybridized carbons (Fsp3) is 0.846. The normalized spacial score (nSPS) is 48.1. The molecule has 12 heteroatoms. The van der Waals surface area contributed by atoms with Gasteiger partial charge in [0.1, 0.15) is 36.6 Å². The summed E-state index contributed by atoms with van der Waals surface area (Å²) >= 11 is 0. The van der Waals surface area contributed by atoms with Gasteiger partial charge in [0.2, 0.25) is 0 Å². The lowest BCUT2D eigenvalue weighted by atomic mass is 9.94. The maximum Gasteiger partial charge on any atom is 0.335 e. The van der Waals surface area contributed by atoms with Crippen LogP contribution in [0.2, 0.25) is 0 Å². The molecule has 0 bridgehead atoms. The Morgan fingerprint density at radius 1 is 0.760 bits per heavy atom.